The van der Waals surface area contributed by atoms with Gasteiger partial charge in [0.15, 0.2) is 0 Å². The first kappa shape index (κ1) is 15.8. The first-order chi connectivity index (χ1) is 12.2. The lowest BCUT2D eigenvalue weighted by Crippen LogP contribution is -2.26. The van der Waals surface area contributed by atoms with Crippen molar-refractivity contribution in [3.05, 3.63) is 65.3 Å². The van der Waals surface area contributed by atoms with Crippen LogP contribution in [0.2, 0.25) is 0 Å². The molecule has 0 aliphatic heterocycles. The predicted molar refractivity (Wildman–Crippen MR) is 103 cm³/mol. The van der Waals surface area contributed by atoms with Crippen molar-refractivity contribution in [2.75, 3.05) is 7.05 Å². The fourth-order valence-electron chi connectivity index (χ4n) is 3.05. The minimum Gasteiger partial charge on any atom is -0.361 e. The highest BCUT2D eigenvalue weighted by atomic mass is 32.1. The van der Waals surface area contributed by atoms with E-state index in [-0.39, 0.29) is 5.91 Å². The topological polar surface area (TPSA) is 49.0 Å². The Morgan fingerprint density at radius 2 is 1.96 bits per heavy atom. The number of hydrogen-bond acceptors (Lipinski definition) is 3. The molecular formula is C20H19N3OS. The maximum Gasteiger partial charge on any atom is 0.223 e. The molecule has 4 nitrogen and oxygen atoms in total. The minimum atomic E-state index is 0.143. The van der Waals surface area contributed by atoms with Gasteiger partial charge < -0.3 is 9.88 Å². The van der Waals surface area contributed by atoms with E-state index < -0.39 is 0 Å². The molecule has 5 heteroatoms. The van der Waals surface area contributed by atoms with Crippen LogP contribution >= 0.6 is 11.3 Å². The number of aromatic nitrogens is 2. The number of hydrogen-bond donors (Lipinski definition) is 1. The van der Waals surface area contributed by atoms with Crippen molar-refractivity contribution in [1.29, 1.82) is 0 Å². The third-order valence-electron chi connectivity index (χ3n) is 4.42. The van der Waals surface area contributed by atoms with E-state index in [4.69, 9.17) is 0 Å². The second kappa shape index (κ2) is 6.69. The Morgan fingerprint density at radius 3 is 2.84 bits per heavy atom. The normalized spacial score (nSPS) is 11.2. The van der Waals surface area contributed by atoms with Crippen LogP contribution in [0.3, 0.4) is 0 Å². The molecule has 0 bridgehead atoms. The van der Waals surface area contributed by atoms with Crippen LogP contribution in [0.15, 0.2) is 54.7 Å². The number of H-pyrrole nitrogens is 1. The van der Waals surface area contributed by atoms with Gasteiger partial charge in [0.05, 0.1) is 16.8 Å². The van der Waals surface area contributed by atoms with Gasteiger partial charge in [-0.2, -0.15) is 0 Å². The molecule has 0 atom stereocenters. The molecule has 1 amide bonds. The van der Waals surface area contributed by atoms with Crippen molar-refractivity contribution < 1.29 is 4.79 Å². The monoisotopic (exact) mass is 349 g/mol. The van der Waals surface area contributed by atoms with Gasteiger partial charge in [-0.05, 0) is 30.2 Å². The highest BCUT2D eigenvalue weighted by Crippen LogP contribution is 2.23. The Balaban J connectivity index is 1.40. The molecule has 126 valence electrons. The van der Waals surface area contributed by atoms with Crippen LogP contribution in [-0.2, 0) is 17.8 Å². The van der Waals surface area contributed by atoms with E-state index in [1.165, 1.54) is 10.9 Å². The molecule has 2 aromatic heterocycles. The van der Waals surface area contributed by atoms with Crippen molar-refractivity contribution >= 4 is 38.4 Å². The molecular weight excluding hydrogens is 330 g/mol. The summed E-state index contributed by atoms with van der Waals surface area (Å²) >= 11 is 1.65. The summed E-state index contributed by atoms with van der Waals surface area (Å²) < 4.78 is 1.16. The lowest BCUT2D eigenvalue weighted by molar-refractivity contribution is -0.130. The lowest BCUT2D eigenvalue weighted by Gasteiger charge is -2.15. The summed E-state index contributed by atoms with van der Waals surface area (Å²) in [4.78, 5) is 22.1. The standard InChI is InChI=1S/C20H19N3OS/c1-23(13-19-22-17-8-4-5-9-18(17)25-19)20(24)11-10-14-12-21-16-7-3-2-6-15(14)16/h2-9,12,21H,10-11,13H2,1H3. The average molecular weight is 349 g/mol. The van der Waals surface area contributed by atoms with Crippen LogP contribution in [0.5, 0.6) is 0 Å². The number of rotatable bonds is 5. The highest BCUT2D eigenvalue weighted by Gasteiger charge is 2.13. The zero-order chi connectivity index (χ0) is 17.2. The van der Waals surface area contributed by atoms with E-state index >= 15 is 0 Å². The molecule has 0 aliphatic carbocycles. The molecule has 0 unspecified atom stereocenters. The third-order valence-corrected chi connectivity index (χ3v) is 5.44. The van der Waals surface area contributed by atoms with Gasteiger partial charge in [0, 0.05) is 30.6 Å². The van der Waals surface area contributed by atoms with Crippen LogP contribution in [0.4, 0.5) is 0 Å². The van der Waals surface area contributed by atoms with Crippen molar-refractivity contribution in [1.82, 2.24) is 14.9 Å². The molecule has 0 saturated heterocycles. The zero-order valence-electron chi connectivity index (χ0n) is 14.0. The van der Waals surface area contributed by atoms with Crippen molar-refractivity contribution in [2.24, 2.45) is 0 Å². The highest BCUT2D eigenvalue weighted by molar-refractivity contribution is 7.18. The van der Waals surface area contributed by atoms with Gasteiger partial charge in [-0.1, -0.05) is 30.3 Å². The van der Waals surface area contributed by atoms with Crippen molar-refractivity contribution in [2.45, 2.75) is 19.4 Å². The molecule has 0 aliphatic rings. The number of aryl methyl sites for hydroxylation is 1. The second-order valence-electron chi connectivity index (χ2n) is 6.18. The van der Waals surface area contributed by atoms with E-state index in [0.717, 1.165) is 27.2 Å². The molecule has 4 aromatic rings. The molecule has 2 heterocycles. The Bertz CT molecular complexity index is 1000. The first-order valence-corrected chi connectivity index (χ1v) is 9.16. The number of carbonyl (C=O) groups excluding carboxylic acids is 1. The van der Waals surface area contributed by atoms with Gasteiger partial charge in [-0.25, -0.2) is 4.98 Å². The number of aromatic amines is 1. The van der Waals surface area contributed by atoms with Gasteiger partial charge in [0.25, 0.3) is 0 Å². The Kier molecular flexibility index (Phi) is 4.24. The predicted octanol–water partition coefficient (Wildman–Crippen LogP) is 4.37. The quantitative estimate of drug-likeness (QED) is 0.582. The maximum absolute atomic E-state index is 12.5. The number of amides is 1. The molecule has 1 N–H and O–H groups in total. The van der Waals surface area contributed by atoms with Crippen molar-refractivity contribution in [3.8, 4) is 0 Å². The summed E-state index contributed by atoms with van der Waals surface area (Å²) in [6.07, 6.45) is 3.25. The van der Waals surface area contributed by atoms with Gasteiger partial charge in [-0.15, -0.1) is 11.3 Å². The Hall–Kier alpha value is -2.66. The fraction of sp³-hybridized carbons (Fsp3) is 0.200. The van der Waals surface area contributed by atoms with E-state index in [1.54, 1.807) is 16.2 Å². The second-order valence-corrected chi connectivity index (χ2v) is 7.30. The zero-order valence-corrected chi connectivity index (χ0v) is 14.8. The Morgan fingerprint density at radius 1 is 1.16 bits per heavy atom. The number of fused-ring (bicyclic) bond motifs is 2. The summed E-state index contributed by atoms with van der Waals surface area (Å²) in [5.74, 6) is 0.143. The number of para-hydroxylation sites is 2. The smallest absolute Gasteiger partial charge is 0.223 e. The molecule has 0 radical (unpaired) electrons. The van der Waals surface area contributed by atoms with Crippen molar-refractivity contribution in [3.63, 3.8) is 0 Å². The van der Waals surface area contributed by atoms with Gasteiger partial charge in [-0.3, -0.25) is 4.79 Å². The van der Waals surface area contributed by atoms with Crippen LogP contribution in [-0.4, -0.2) is 27.8 Å². The number of carbonyl (C=O) groups is 1. The minimum absolute atomic E-state index is 0.143. The Labute approximate surface area is 150 Å². The van der Waals surface area contributed by atoms with Gasteiger partial charge in [0.2, 0.25) is 5.91 Å². The molecule has 0 spiro atoms. The van der Waals surface area contributed by atoms with E-state index in [1.807, 2.05) is 43.6 Å². The summed E-state index contributed by atoms with van der Waals surface area (Å²) in [7, 11) is 1.85. The summed E-state index contributed by atoms with van der Waals surface area (Å²) in [6.45, 7) is 0.562. The number of thiazole rings is 1. The number of benzene rings is 2. The summed E-state index contributed by atoms with van der Waals surface area (Å²) in [5.41, 5.74) is 3.31. The molecule has 25 heavy (non-hydrogen) atoms. The third kappa shape index (κ3) is 3.28. The van der Waals surface area contributed by atoms with E-state index in [2.05, 4.69) is 28.2 Å². The van der Waals surface area contributed by atoms with Crippen LogP contribution in [0, 0.1) is 0 Å². The lowest BCUT2D eigenvalue weighted by atomic mass is 10.1. The molecule has 4 rings (SSSR count). The number of nitrogens with zero attached hydrogens (tertiary/aromatic N) is 2. The molecule has 2 aromatic carbocycles. The summed E-state index contributed by atoms with van der Waals surface area (Å²) in [6, 6.07) is 16.3. The van der Waals surface area contributed by atoms with E-state index in [0.29, 0.717) is 13.0 Å². The van der Waals surface area contributed by atoms with Gasteiger partial charge >= 0.3 is 0 Å². The van der Waals surface area contributed by atoms with Crippen LogP contribution in [0.1, 0.15) is 17.0 Å². The van der Waals surface area contributed by atoms with E-state index in [9.17, 15) is 4.79 Å². The SMILES string of the molecule is CN(Cc1nc2ccccc2s1)C(=O)CCc1c[nH]c2ccccc12. The van der Waals surface area contributed by atoms with Crippen LogP contribution < -0.4 is 0 Å². The molecule has 0 fully saturated rings. The number of nitrogens with one attached hydrogen (secondary N) is 1. The largest absolute Gasteiger partial charge is 0.361 e. The van der Waals surface area contributed by atoms with Gasteiger partial charge in [0.1, 0.15) is 5.01 Å². The fourth-order valence-corrected chi connectivity index (χ4v) is 4.07. The first-order valence-electron chi connectivity index (χ1n) is 8.34. The maximum atomic E-state index is 12.5. The molecule has 0 saturated carbocycles. The average Bonchev–Trinajstić information content (AvgIpc) is 3.22. The summed E-state index contributed by atoms with van der Waals surface area (Å²) in [5, 5.41) is 2.17. The van der Waals surface area contributed by atoms with Crippen LogP contribution in [0.25, 0.3) is 21.1 Å².